The highest BCUT2D eigenvalue weighted by molar-refractivity contribution is 6.40. The Morgan fingerprint density at radius 1 is 0.889 bits per heavy atom. The van der Waals surface area contributed by atoms with Gasteiger partial charge in [-0.1, -0.05) is 41.4 Å². The molecule has 3 aromatic carbocycles. The average Bonchev–Trinajstić information content (AvgIpc) is 3.39. The van der Waals surface area contributed by atoms with Gasteiger partial charge in [0.25, 0.3) is 5.91 Å². The summed E-state index contributed by atoms with van der Waals surface area (Å²) < 4.78 is 38.7. The number of esters is 1. The number of para-hydroxylation sites is 1. The van der Waals surface area contributed by atoms with E-state index in [0.29, 0.717) is 48.9 Å². The summed E-state index contributed by atoms with van der Waals surface area (Å²) in [6, 6.07) is 12.1. The van der Waals surface area contributed by atoms with Gasteiger partial charge in [-0.25, -0.2) is 14.0 Å². The molecule has 9 rings (SSSR count). The van der Waals surface area contributed by atoms with Gasteiger partial charge in [-0.05, 0) is 70.7 Å². The van der Waals surface area contributed by atoms with E-state index in [4.69, 9.17) is 42.1 Å². The number of nitrogens with zero attached hydrogens (tertiary/aromatic N) is 4. The Kier molecular flexibility index (Phi) is 9.59. The molecule has 3 aromatic rings. The molecule has 0 aromatic heterocycles. The van der Waals surface area contributed by atoms with Crippen molar-refractivity contribution in [2.45, 2.75) is 82.8 Å². The van der Waals surface area contributed by atoms with E-state index in [9.17, 15) is 14.4 Å². The topological polar surface area (TPSA) is 101 Å². The van der Waals surface area contributed by atoms with Crippen LogP contribution >= 0.6 is 23.2 Å². The van der Waals surface area contributed by atoms with Crippen LogP contribution in [0.4, 0.5) is 20.6 Å². The molecule has 6 aliphatic heterocycles. The predicted molar refractivity (Wildman–Crippen MR) is 202 cm³/mol. The summed E-state index contributed by atoms with van der Waals surface area (Å²) in [6.45, 7) is 7.83. The summed E-state index contributed by atoms with van der Waals surface area (Å²) in [5.41, 5.74) is 2.61. The van der Waals surface area contributed by atoms with Crippen LogP contribution in [0.15, 0.2) is 42.5 Å². The second-order valence-electron chi connectivity index (χ2n) is 15.7. The normalized spacial score (nSPS) is 23.2. The molecule has 0 saturated carbocycles. The quantitative estimate of drug-likeness (QED) is 0.243. The number of hydrogen-bond acceptors (Lipinski definition) is 9. The van der Waals surface area contributed by atoms with E-state index in [2.05, 4.69) is 9.80 Å². The van der Waals surface area contributed by atoms with Crippen molar-refractivity contribution in [2.75, 3.05) is 49.9 Å². The van der Waals surface area contributed by atoms with Gasteiger partial charge in [0.2, 0.25) is 0 Å². The summed E-state index contributed by atoms with van der Waals surface area (Å²) in [4.78, 5) is 47.5. The average molecular weight is 782 g/mol. The number of fused-ring (bicyclic) bond motifs is 6. The van der Waals surface area contributed by atoms with E-state index in [1.807, 2.05) is 31.7 Å². The third-order valence-corrected chi connectivity index (χ3v) is 11.7. The van der Waals surface area contributed by atoms with E-state index < -0.39 is 23.3 Å². The minimum absolute atomic E-state index is 0.0144. The molecular formula is C40H43Cl2FN4O7. The van der Waals surface area contributed by atoms with E-state index in [0.717, 1.165) is 31.4 Å². The van der Waals surface area contributed by atoms with Crippen LogP contribution in [-0.4, -0.2) is 97.7 Å². The molecule has 11 nitrogen and oxygen atoms in total. The van der Waals surface area contributed by atoms with Crippen LogP contribution in [0, 0.1) is 5.82 Å². The monoisotopic (exact) mass is 780 g/mol. The van der Waals surface area contributed by atoms with Crippen LogP contribution in [0.3, 0.4) is 0 Å². The van der Waals surface area contributed by atoms with Gasteiger partial charge in [0.05, 0.1) is 71.9 Å². The second-order valence-corrected chi connectivity index (χ2v) is 16.5. The number of amides is 2. The summed E-state index contributed by atoms with van der Waals surface area (Å²) in [7, 11) is 1.29. The van der Waals surface area contributed by atoms with Crippen molar-refractivity contribution < 1.29 is 37.7 Å². The molecule has 4 atom stereocenters. The van der Waals surface area contributed by atoms with Crippen molar-refractivity contribution in [3.8, 4) is 16.9 Å². The first-order chi connectivity index (χ1) is 25.8. The van der Waals surface area contributed by atoms with Crippen LogP contribution in [0.5, 0.6) is 5.75 Å². The molecule has 2 amide bonds. The van der Waals surface area contributed by atoms with Crippen molar-refractivity contribution in [1.29, 1.82) is 0 Å². The molecule has 0 spiro atoms. The first-order valence-corrected chi connectivity index (χ1v) is 19.1. The minimum Gasteiger partial charge on any atom is -0.472 e. The Bertz CT molecular complexity index is 1990. The van der Waals surface area contributed by atoms with Crippen molar-refractivity contribution in [2.24, 2.45) is 0 Å². The highest BCUT2D eigenvalue weighted by Crippen LogP contribution is 2.44. The third-order valence-electron chi connectivity index (χ3n) is 11.1. The van der Waals surface area contributed by atoms with Gasteiger partial charge in [0, 0.05) is 41.5 Å². The number of rotatable bonds is 5. The fourth-order valence-corrected chi connectivity index (χ4v) is 9.31. The first-order valence-electron chi connectivity index (χ1n) is 18.4. The largest absolute Gasteiger partial charge is 0.472 e. The summed E-state index contributed by atoms with van der Waals surface area (Å²) in [6.07, 6.45) is 3.30. The molecule has 54 heavy (non-hydrogen) atoms. The summed E-state index contributed by atoms with van der Waals surface area (Å²) in [5, 5.41) is 0.426. The number of halogens is 3. The van der Waals surface area contributed by atoms with E-state index in [1.54, 1.807) is 30.3 Å². The van der Waals surface area contributed by atoms with Gasteiger partial charge in [0.1, 0.15) is 17.2 Å². The first kappa shape index (κ1) is 36.7. The molecule has 5 saturated heterocycles. The van der Waals surface area contributed by atoms with Gasteiger partial charge in [-0.15, -0.1) is 0 Å². The lowest BCUT2D eigenvalue weighted by Gasteiger charge is -2.52. The zero-order valence-corrected chi connectivity index (χ0v) is 32.2. The second kappa shape index (κ2) is 14.1. The Balaban J connectivity index is 1.03. The molecule has 286 valence electrons. The van der Waals surface area contributed by atoms with Gasteiger partial charge in [-0.2, -0.15) is 0 Å². The Morgan fingerprint density at radius 2 is 1.57 bits per heavy atom. The Morgan fingerprint density at radius 3 is 2.22 bits per heavy atom. The lowest BCUT2D eigenvalue weighted by molar-refractivity contribution is 0.000848. The van der Waals surface area contributed by atoms with Gasteiger partial charge >= 0.3 is 12.1 Å². The molecule has 4 bridgehead atoms. The molecule has 5 fully saturated rings. The van der Waals surface area contributed by atoms with Crippen LogP contribution in [0.1, 0.15) is 72.7 Å². The van der Waals surface area contributed by atoms with Gasteiger partial charge in [-0.3, -0.25) is 4.79 Å². The van der Waals surface area contributed by atoms with Crippen molar-refractivity contribution in [1.82, 2.24) is 9.80 Å². The Labute approximate surface area is 323 Å². The van der Waals surface area contributed by atoms with E-state index in [1.165, 1.54) is 18.1 Å². The fourth-order valence-electron chi connectivity index (χ4n) is 8.67. The highest BCUT2D eigenvalue weighted by atomic mass is 35.5. The maximum atomic E-state index is 16.0. The van der Waals surface area contributed by atoms with Crippen molar-refractivity contribution >= 4 is 52.5 Å². The number of piperazine rings is 1. The van der Waals surface area contributed by atoms with Crippen LogP contribution in [0.2, 0.25) is 10.0 Å². The van der Waals surface area contributed by atoms with Gasteiger partial charge < -0.3 is 38.5 Å². The number of anilines is 2. The molecule has 2 unspecified atom stereocenters. The maximum Gasteiger partial charge on any atom is 0.410 e. The molecule has 6 aliphatic rings. The molecule has 0 radical (unpaired) electrons. The molecule has 0 aliphatic carbocycles. The SMILES string of the molecule is COC(=O)c1cc(F)c(-c2cccc3c2OCN(C(=O)c2c(Cl)cc(N4C[C@@H]5CC[C@@H]4CN5C(=O)OC(C)(C)C)cc2Cl)C3)cc1N1C2CCC1COC2. The standard InChI is InChI=1S/C40H43Cl2FN4O7/c1-40(2,3)54-39(50)46-18-23-8-9-24(46)17-45(23)27-12-31(41)35(32(42)13-27)37(48)44-16-22-6-5-7-28(36(22)53-21-44)29-15-34(30(14-33(29)43)38(49)51-4)47-25-10-11-26(47)20-52-19-25/h5-7,12-15,23-26H,8-11,16-21H2,1-4H3/t23-,24+,25?,26?/m1/s1. The number of piperidine rings is 2. The minimum atomic E-state index is -0.611. The summed E-state index contributed by atoms with van der Waals surface area (Å²) >= 11 is 13.6. The third kappa shape index (κ3) is 6.60. The highest BCUT2D eigenvalue weighted by Gasteiger charge is 2.43. The number of carbonyl (C=O) groups excluding carboxylic acids is 3. The van der Waals surface area contributed by atoms with E-state index in [-0.39, 0.29) is 70.3 Å². The van der Waals surface area contributed by atoms with Crippen molar-refractivity contribution in [3.05, 3.63) is 75.0 Å². The van der Waals surface area contributed by atoms with Crippen LogP contribution in [-0.2, 0) is 20.8 Å². The Hall–Kier alpha value is -4.26. The molecular weight excluding hydrogens is 738 g/mol. The zero-order valence-electron chi connectivity index (χ0n) is 30.7. The smallest absolute Gasteiger partial charge is 0.410 e. The maximum absolute atomic E-state index is 16.0. The molecule has 6 heterocycles. The van der Waals surface area contributed by atoms with Gasteiger partial charge in [0.15, 0.2) is 6.73 Å². The number of benzene rings is 3. The number of hydrogen-bond donors (Lipinski definition) is 0. The number of morpholine rings is 1. The zero-order chi connectivity index (χ0) is 38.1. The molecule has 14 heteroatoms. The number of carbonyl (C=O) groups is 3. The fraction of sp³-hybridized carbons (Fsp3) is 0.475. The molecule has 0 N–H and O–H groups in total. The lowest BCUT2D eigenvalue weighted by Crippen LogP contribution is -2.64. The number of methoxy groups -OCH3 is 1. The van der Waals surface area contributed by atoms with Crippen molar-refractivity contribution in [3.63, 3.8) is 0 Å². The predicted octanol–water partition coefficient (Wildman–Crippen LogP) is 7.53. The number of ether oxygens (including phenoxy) is 4. The summed E-state index contributed by atoms with van der Waals surface area (Å²) in [5.74, 6) is -1.15. The van der Waals surface area contributed by atoms with Crippen LogP contribution < -0.4 is 14.5 Å². The van der Waals surface area contributed by atoms with E-state index >= 15 is 4.39 Å². The lowest BCUT2D eigenvalue weighted by atomic mass is 9.90. The van der Waals surface area contributed by atoms with Crippen LogP contribution in [0.25, 0.3) is 11.1 Å².